The van der Waals surface area contributed by atoms with Crippen LogP contribution in [0.15, 0.2) is 0 Å². The van der Waals surface area contributed by atoms with E-state index in [4.69, 9.17) is 0 Å². The van der Waals surface area contributed by atoms with Crippen LogP contribution in [0.2, 0.25) is 0 Å². The average Bonchev–Trinajstić information content (AvgIpc) is 2.81. The zero-order valence-electron chi connectivity index (χ0n) is 12.3. The van der Waals surface area contributed by atoms with E-state index in [1.165, 1.54) is 25.0 Å². The summed E-state index contributed by atoms with van der Waals surface area (Å²) in [5.74, 6) is 3.94. The van der Waals surface area contributed by atoms with E-state index >= 15 is 0 Å². The van der Waals surface area contributed by atoms with Crippen LogP contribution in [-0.4, -0.2) is 34.1 Å². The van der Waals surface area contributed by atoms with Crippen LogP contribution >= 0.6 is 11.8 Å². The van der Waals surface area contributed by atoms with Crippen molar-refractivity contribution in [3.63, 3.8) is 0 Å². The molecule has 1 heterocycles. The van der Waals surface area contributed by atoms with Gasteiger partial charge in [-0.3, -0.25) is 0 Å². The Balaban J connectivity index is 2.05. The first kappa shape index (κ1) is 14.4. The molecule has 0 amide bonds. The third-order valence-electron chi connectivity index (χ3n) is 3.62. The maximum atomic E-state index is 4.55. The first-order valence-electron chi connectivity index (χ1n) is 7.05. The summed E-state index contributed by atoms with van der Waals surface area (Å²) in [7, 11) is 1.90. The van der Waals surface area contributed by atoms with Gasteiger partial charge >= 0.3 is 0 Å². The summed E-state index contributed by atoms with van der Waals surface area (Å²) in [5.41, 5.74) is 1.11. The van der Waals surface area contributed by atoms with Gasteiger partial charge < -0.3 is 10.6 Å². The largest absolute Gasteiger partial charge is 0.373 e. The Kier molecular flexibility index (Phi) is 4.91. The number of hydrogen-bond donors (Lipinski definition) is 2. The molecule has 2 N–H and O–H groups in total. The number of aromatic nitrogens is 2. The monoisotopic (exact) mass is 280 g/mol. The number of nitrogens with zero attached hydrogens (tertiary/aromatic N) is 2. The van der Waals surface area contributed by atoms with Crippen molar-refractivity contribution in [2.75, 3.05) is 23.4 Å². The van der Waals surface area contributed by atoms with Gasteiger partial charge in [0.1, 0.15) is 17.5 Å². The molecule has 2 atom stereocenters. The minimum atomic E-state index is 0.557. The van der Waals surface area contributed by atoms with Crippen LogP contribution in [0.4, 0.5) is 11.6 Å². The van der Waals surface area contributed by atoms with Gasteiger partial charge in [0, 0.05) is 23.9 Å². The zero-order chi connectivity index (χ0) is 13.8. The van der Waals surface area contributed by atoms with Crippen LogP contribution < -0.4 is 10.6 Å². The van der Waals surface area contributed by atoms with E-state index in [-0.39, 0.29) is 0 Å². The molecule has 1 aliphatic carbocycles. The topological polar surface area (TPSA) is 49.8 Å². The lowest BCUT2D eigenvalue weighted by atomic mass is 10.2. The van der Waals surface area contributed by atoms with Crippen LogP contribution in [0.25, 0.3) is 0 Å². The Labute approximate surface area is 120 Å². The molecular formula is C14H24N4S. The molecule has 0 spiro atoms. The first-order chi connectivity index (χ1) is 9.13. The summed E-state index contributed by atoms with van der Waals surface area (Å²) in [4.78, 5) is 8.95. The minimum Gasteiger partial charge on any atom is -0.373 e. The molecule has 0 bridgehead atoms. The lowest BCUT2D eigenvalue weighted by Gasteiger charge is -2.17. The molecule has 1 aromatic rings. The molecule has 19 heavy (non-hydrogen) atoms. The van der Waals surface area contributed by atoms with Crippen LogP contribution in [-0.2, 0) is 0 Å². The first-order valence-corrected chi connectivity index (χ1v) is 8.10. The van der Waals surface area contributed by atoms with Gasteiger partial charge in [-0.2, -0.15) is 11.8 Å². The minimum absolute atomic E-state index is 0.557. The fourth-order valence-electron chi connectivity index (χ4n) is 2.66. The average molecular weight is 280 g/mol. The number of nitrogens with one attached hydrogen (secondary N) is 2. The maximum Gasteiger partial charge on any atom is 0.134 e. The Bertz CT molecular complexity index is 436. The third-order valence-corrected chi connectivity index (χ3v) is 4.86. The van der Waals surface area contributed by atoms with Crippen molar-refractivity contribution >= 4 is 23.4 Å². The summed E-state index contributed by atoms with van der Waals surface area (Å²) < 4.78 is 0. The quantitative estimate of drug-likeness (QED) is 0.867. The van der Waals surface area contributed by atoms with Gasteiger partial charge in [-0.25, -0.2) is 9.97 Å². The molecule has 0 saturated heterocycles. The second kappa shape index (κ2) is 6.46. The molecule has 0 aliphatic heterocycles. The molecule has 1 aromatic heterocycles. The van der Waals surface area contributed by atoms with Gasteiger partial charge in [0.15, 0.2) is 0 Å². The molecule has 1 aliphatic rings. The molecule has 0 radical (unpaired) electrons. The summed E-state index contributed by atoms with van der Waals surface area (Å²) in [5, 5.41) is 7.56. The van der Waals surface area contributed by atoms with Crippen molar-refractivity contribution < 1.29 is 0 Å². The Morgan fingerprint density at radius 2 is 1.95 bits per heavy atom. The Morgan fingerprint density at radius 1 is 1.21 bits per heavy atom. The van der Waals surface area contributed by atoms with E-state index < -0.39 is 0 Å². The van der Waals surface area contributed by atoms with E-state index in [1.54, 1.807) is 0 Å². The standard InChI is InChI=1S/C14H24N4S/c1-5-19-12-7-6-11(8-12)18-14-9(2)13(15-4)16-10(3)17-14/h11-12H,5-8H2,1-4H3,(H2,15,16,17,18). The van der Waals surface area contributed by atoms with Crippen LogP contribution in [0.5, 0.6) is 0 Å². The normalized spacial score (nSPS) is 22.5. The zero-order valence-corrected chi connectivity index (χ0v) is 13.1. The Hall–Kier alpha value is -0.970. The van der Waals surface area contributed by atoms with E-state index in [2.05, 4.69) is 46.2 Å². The van der Waals surface area contributed by atoms with Gasteiger partial charge in [0.05, 0.1) is 0 Å². The van der Waals surface area contributed by atoms with Crippen LogP contribution in [0, 0.1) is 13.8 Å². The second-order valence-electron chi connectivity index (χ2n) is 5.07. The van der Waals surface area contributed by atoms with Crippen molar-refractivity contribution in [2.45, 2.75) is 51.3 Å². The maximum absolute atomic E-state index is 4.55. The molecule has 1 fully saturated rings. The highest BCUT2D eigenvalue weighted by Gasteiger charge is 2.25. The number of anilines is 2. The lowest BCUT2D eigenvalue weighted by Crippen LogP contribution is -2.19. The molecule has 2 rings (SSSR count). The van der Waals surface area contributed by atoms with Gasteiger partial charge in [0.2, 0.25) is 0 Å². The van der Waals surface area contributed by atoms with Gasteiger partial charge in [-0.1, -0.05) is 6.92 Å². The number of hydrogen-bond acceptors (Lipinski definition) is 5. The number of rotatable bonds is 5. The van der Waals surface area contributed by atoms with E-state index in [1.807, 2.05) is 14.0 Å². The molecule has 106 valence electrons. The highest BCUT2D eigenvalue weighted by atomic mass is 32.2. The highest BCUT2D eigenvalue weighted by Crippen LogP contribution is 2.32. The van der Waals surface area contributed by atoms with Gasteiger partial charge in [0.25, 0.3) is 0 Å². The SMILES string of the molecule is CCSC1CCC(Nc2nc(C)nc(NC)c2C)C1. The fourth-order valence-corrected chi connectivity index (χ4v) is 3.81. The van der Waals surface area contributed by atoms with Crippen LogP contribution in [0.3, 0.4) is 0 Å². The summed E-state index contributed by atoms with van der Waals surface area (Å²) in [6.45, 7) is 6.25. The second-order valence-corrected chi connectivity index (χ2v) is 6.65. The molecule has 1 saturated carbocycles. The molecule has 2 unspecified atom stereocenters. The summed E-state index contributed by atoms with van der Waals surface area (Å²) >= 11 is 2.08. The lowest BCUT2D eigenvalue weighted by molar-refractivity contribution is 0.748. The van der Waals surface area contributed by atoms with Crippen molar-refractivity contribution in [3.05, 3.63) is 11.4 Å². The predicted molar refractivity (Wildman–Crippen MR) is 84.2 cm³/mol. The van der Waals surface area contributed by atoms with E-state index in [9.17, 15) is 0 Å². The predicted octanol–water partition coefficient (Wildman–Crippen LogP) is 3.22. The van der Waals surface area contributed by atoms with Gasteiger partial charge in [-0.15, -0.1) is 0 Å². The Morgan fingerprint density at radius 3 is 2.63 bits per heavy atom. The van der Waals surface area contributed by atoms with Crippen molar-refractivity contribution in [3.8, 4) is 0 Å². The van der Waals surface area contributed by atoms with Crippen LogP contribution in [0.1, 0.15) is 37.6 Å². The molecular weight excluding hydrogens is 256 g/mol. The van der Waals surface area contributed by atoms with E-state index in [0.717, 1.165) is 28.3 Å². The molecule has 4 nitrogen and oxygen atoms in total. The number of thioether (sulfide) groups is 1. The van der Waals surface area contributed by atoms with Crippen molar-refractivity contribution in [1.82, 2.24) is 9.97 Å². The molecule has 5 heteroatoms. The third kappa shape index (κ3) is 3.53. The highest BCUT2D eigenvalue weighted by molar-refractivity contribution is 7.99. The van der Waals surface area contributed by atoms with Crippen molar-refractivity contribution in [1.29, 1.82) is 0 Å². The summed E-state index contributed by atoms with van der Waals surface area (Å²) in [6, 6.07) is 0.557. The number of aryl methyl sites for hydroxylation is 1. The smallest absolute Gasteiger partial charge is 0.134 e. The van der Waals surface area contributed by atoms with Gasteiger partial charge in [-0.05, 0) is 38.9 Å². The summed E-state index contributed by atoms with van der Waals surface area (Å²) in [6.07, 6.45) is 3.81. The van der Waals surface area contributed by atoms with Crippen molar-refractivity contribution in [2.24, 2.45) is 0 Å². The molecule has 0 aromatic carbocycles. The van der Waals surface area contributed by atoms with E-state index in [0.29, 0.717) is 6.04 Å². The fraction of sp³-hybridized carbons (Fsp3) is 0.714.